The third-order valence-corrected chi connectivity index (χ3v) is 4.07. The van der Waals surface area contributed by atoms with Gasteiger partial charge in [0.1, 0.15) is 0 Å². The Balaban J connectivity index is 1.81. The number of carbonyl (C=O) groups is 1. The molecule has 0 aliphatic carbocycles. The minimum atomic E-state index is -0.0124. The first kappa shape index (κ1) is 15.4. The van der Waals surface area contributed by atoms with Crippen molar-refractivity contribution >= 4 is 11.9 Å². The maximum Gasteiger partial charge on any atom is 0.257 e. The summed E-state index contributed by atoms with van der Waals surface area (Å²) in [6, 6.07) is 4.04. The van der Waals surface area contributed by atoms with Crippen LogP contribution in [0.1, 0.15) is 48.1 Å². The van der Waals surface area contributed by atoms with Crippen molar-refractivity contribution in [1.82, 2.24) is 19.9 Å². The standard InChI is InChI=1S/C17H21N5O/c1-2-19-17-20-11-14(12-21-17)16(23)22-9-4-3-7-15(22)13-6-5-8-18-10-13/h5-6,8,10-12,15H,2-4,7,9H2,1H3,(H,19,20,21)/t15-/m0/s1. The van der Waals surface area contributed by atoms with Gasteiger partial charge in [-0.2, -0.15) is 0 Å². The number of likely N-dealkylation sites (tertiary alicyclic amines) is 1. The van der Waals surface area contributed by atoms with Crippen LogP contribution in [0.15, 0.2) is 36.9 Å². The Morgan fingerprint density at radius 3 is 2.83 bits per heavy atom. The van der Waals surface area contributed by atoms with Crippen molar-refractivity contribution in [3.8, 4) is 0 Å². The molecular weight excluding hydrogens is 290 g/mol. The lowest BCUT2D eigenvalue weighted by Gasteiger charge is -2.35. The highest BCUT2D eigenvalue weighted by Crippen LogP contribution is 2.31. The Labute approximate surface area is 136 Å². The minimum absolute atomic E-state index is 0.0124. The first-order valence-corrected chi connectivity index (χ1v) is 8.06. The summed E-state index contributed by atoms with van der Waals surface area (Å²) in [7, 11) is 0. The molecule has 0 unspecified atom stereocenters. The van der Waals surface area contributed by atoms with Gasteiger partial charge < -0.3 is 10.2 Å². The highest BCUT2D eigenvalue weighted by molar-refractivity contribution is 5.94. The van der Waals surface area contributed by atoms with E-state index in [1.54, 1.807) is 18.6 Å². The number of nitrogens with one attached hydrogen (secondary N) is 1. The second kappa shape index (κ2) is 7.17. The molecule has 0 spiro atoms. The fraction of sp³-hybridized carbons (Fsp3) is 0.412. The average molecular weight is 311 g/mol. The third-order valence-electron chi connectivity index (χ3n) is 4.07. The van der Waals surface area contributed by atoms with E-state index in [1.807, 2.05) is 30.2 Å². The first-order chi connectivity index (χ1) is 11.3. The minimum Gasteiger partial charge on any atom is -0.355 e. The SMILES string of the molecule is CCNc1ncc(C(=O)N2CCCC[C@H]2c2cccnc2)cn1. The highest BCUT2D eigenvalue weighted by Gasteiger charge is 2.29. The van der Waals surface area contributed by atoms with Crippen LogP contribution in [0.3, 0.4) is 0 Å². The van der Waals surface area contributed by atoms with E-state index in [4.69, 9.17) is 0 Å². The molecule has 1 amide bonds. The second-order valence-electron chi connectivity index (χ2n) is 5.62. The van der Waals surface area contributed by atoms with E-state index in [2.05, 4.69) is 20.3 Å². The smallest absolute Gasteiger partial charge is 0.257 e. The number of piperidine rings is 1. The molecule has 0 aromatic carbocycles. The molecule has 120 valence electrons. The molecule has 2 aromatic rings. The number of rotatable bonds is 4. The zero-order valence-corrected chi connectivity index (χ0v) is 13.3. The van der Waals surface area contributed by atoms with E-state index in [-0.39, 0.29) is 11.9 Å². The first-order valence-electron chi connectivity index (χ1n) is 8.06. The van der Waals surface area contributed by atoms with Gasteiger partial charge in [0.15, 0.2) is 0 Å². The quantitative estimate of drug-likeness (QED) is 0.940. The molecule has 3 heterocycles. The number of nitrogens with zero attached hydrogens (tertiary/aromatic N) is 4. The molecule has 23 heavy (non-hydrogen) atoms. The monoisotopic (exact) mass is 311 g/mol. The second-order valence-corrected chi connectivity index (χ2v) is 5.62. The average Bonchev–Trinajstić information content (AvgIpc) is 2.63. The zero-order valence-electron chi connectivity index (χ0n) is 13.3. The summed E-state index contributed by atoms with van der Waals surface area (Å²) >= 11 is 0. The van der Waals surface area contributed by atoms with Gasteiger partial charge in [-0.25, -0.2) is 9.97 Å². The van der Waals surface area contributed by atoms with E-state index in [9.17, 15) is 4.79 Å². The summed E-state index contributed by atoms with van der Waals surface area (Å²) in [5.41, 5.74) is 1.62. The van der Waals surface area contributed by atoms with Gasteiger partial charge in [0.25, 0.3) is 5.91 Å². The van der Waals surface area contributed by atoms with Crippen LogP contribution in [0.4, 0.5) is 5.95 Å². The molecule has 2 aromatic heterocycles. The molecule has 0 saturated carbocycles. The van der Waals surface area contributed by atoms with Crippen LogP contribution in [-0.4, -0.2) is 38.8 Å². The number of amides is 1. The van der Waals surface area contributed by atoms with Gasteiger partial charge in [0, 0.05) is 37.9 Å². The summed E-state index contributed by atoms with van der Waals surface area (Å²) in [4.78, 5) is 27.4. The number of pyridine rings is 1. The number of hydrogen-bond acceptors (Lipinski definition) is 5. The van der Waals surface area contributed by atoms with Crippen LogP contribution in [-0.2, 0) is 0 Å². The lowest BCUT2D eigenvalue weighted by Crippen LogP contribution is -2.38. The van der Waals surface area contributed by atoms with Crippen LogP contribution in [0.25, 0.3) is 0 Å². The van der Waals surface area contributed by atoms with E-state index in [0.717, 1.165) is 37.9 Å². The van der Waals surface area contributed by atoms with Gasteiger partial charge in [0.2, 0.25) is 5.95 Å². The van der Waals surface area contributed by atoms with Gasteiger partial charge in [-0.05, 0) is 37.8 Å². The van der Waals surface area contributed by atoms with Crippen molar-refractivity contribution in [2.75, 3.05) is 18.4 Å². The lowest BCUT2D eigenvalue weighted by molar-refractivity contribution is 0.0610. The Bertz CT molecular complexity index is 644. The molecule has 0 radical (unpaired) electrons. The van der Waals surface area contributed by atoms with Crippen LogP contribution >= 0.6 is 0 Å². The molecule has 1 aliphatic heterocycles. The molecule has 6 heteroatoms. The van der Waals surface area contributed by atoms with Crippen LogP contribution in [0.5, 0.6) is 0 Å². The maximum atomic E-state index is 12.9. The van der Waals surface area contributed by atoms with Crippen molar-refractivity contribution in [3.63, 3.8) is 0 Å². The van der Waals surface area contributed by atoms with Crippen LogP contribution in [0, 0.1) is 0 Å². The largest absolute Gasteiger partial charge is 0.355 e. The topological polar surface area (TPSA) is 71.0 Å². The normalized spacial score (nSPS) is 17.8. The summed E-state index contributed by atoms with van der Waals surface area (Å²) in [5, 5.41) is 3.03. The van der Waals surface area contributed by atoms with Crippen molar-refractivity contribution in [2.24, 2.45) is 0 Å². The maximum absolute atomic E-state index is 12.9. The predicted octanol–water partition coefficient (Wildman–Crippen LogP) is 2.67. The van der Waals surface area contributed by atoms with Crippen molar-refractivity contribution in [2.45, 2.75) is 32.2 Å². The molecule has 1 N–H and O–H groups in total. The number of anilines is 1. The highest BCUT2D eigenvalue weighted by atomic mass is 16.2. The van der Waals surface area contributed by atoms with Gasteiger partial charge >= 0.3 is 0 Å². The Morgan fingerprint density at radius 1 is 1.30 bits per heavy atom. The van der Waals surface area contributed by atoms with Gasteiger partial charge in [0.05, 0.1) is 11.6 Å². The number of carbonyl (C=O) groups excluding carboxylic acids is 1. The third kappa shape index (κ3) is 3.47. The number of hydrogen-bond donors (Lipinski definition) is 1. The van der Waals surface area contributed by atoms with E-state index >= 15 is 0 Å². The van der Waals surface area contributed by atoms with Crippen LogP contribution < -0.4 is 5.32 Å². The Morgan fingerprint density at radius 2 is 2.13 bits per heavy atom. The molecule has 1 atom stereocenters. The summed E-state index contributed by atoms with van der Waals surface area (Å²) < 4.78 is 0. The van der Waals surface area contributed by atoms with Crippen molar-refractivity contribution in [3.05, 3.63) is 48.0 Å². The molecule has 1 fully saturated rings. The lowest BCUT2D eigenvalue weighted by atomic mass is 9.96. The molecule has 6 nitrogen and oxygen atoms in total. The molecule has 1 aliphatic rings. The fourth-order valence-electron chi connectivity index (χ4n) is 2.95. The van der Waals surface area contributed by atoms with Crippen molar-refractivity contribution in [1.29, 1.82) is 0 Å². The molecule has 1 saturated heterocycles. The van der Waals surface area contributed by atoms with Crippen LogP contribution in [0.2, 0.25) is 0 Å². The molecule has 0 bridgehead atoms. The van der Waals surface area contributed by atoms with Gasteiger partial charge in [-0.1, -0.05) is 6.07 Å². The Hall–Kier alpha value is -2.50. The summed E-state index contributed by atoms with van der Waals surface area (Å²) in [6.07, 6.45) is 9.92. The molecule has 3 rings (SSSR count). The number of aromatic nitrogens is 3. The molecular formula is C17H21N5O. The van der Waals surface area contributed by atoms with E-state index < -0.39 is 0 Å². The summed E-state index contributed by atoms with van der Waals surface area (Å²) in [6.45, 7) is 3.49. The van der Waals surface area contributed by atoms with Gasteiger partial charge in [-0.3, -0.25) is 9.78 Å². The Kier molecular flexibility index (Phi) is 4.80. The predicted molar refractivity (Wildman–Crippen MR) is 88.1 cm³/mol. The van der Waals surface area contributed by atoms with E-state index in [0.29, 0.717) is 11.5 Å². The summed E-state index contributed by atoms with van der Waals surface area (Å²) in [5.74, 6) is 0.535. The zero-order chi connectivity index (χ0) is 16.1. The van der Waals surface area contributed by atoms with Crippen molar-refractivity contribution < 1.29 is 4.79 Å². The van der Waals surface area contributed by atoms with E-state index in [1.165, 1.54) is 0 Å². The van der Waals surface area contributed by atoms with Gasteiger partial charge in [-0.15, -0.1) is 0 Å². The fourth-order valence-corrected chi connectivity index (χ4v) is 2.95.